The number of nitrogens with one attached hydrogen (secondary N) is 1. The maximum Gasteiger partial charge on any atom is 0.255 e. The van der Waals surface area contributed by atoms with E-state index in [0.29, 0.717) is 23.5 Å². The first-order valence-electron chi connectivity index (χ1n) is 6.15. The summed E-state index contributed by atoms with van der Waals surface area (Å²) >= 11 is 0. The summed E-state index contributed by atoms with van der Waals surface area (Å²) in [5.41, 5.74) is 8.71. The van der Waals surface area contributed by atoms with Gasteiger partial charge in [-0.25, -0.2) is 0 Å². The smallest absolute Gasteiger partial charge is 0.255 e. The van der Waals surface area contributed by atoms with E-state index in [4.69, 9.17) is 10.5 Å². The predicted octanol–water partition coefficient (Wildman–Crippen LogP) is 2.46. The van der Waals surface area contributed by atoms with Gasteiger partial charge >= 0.3 is 0 Å². The van der Waals surface area contributed by atoms with Gasteiger partial charge in [-0.1, -0.05) is 6.07 Å². The van der Waals surface area contributed by atoms with Crippen molar-refractivity contribution in [1.29, 1.82) is 0 Å². The Bertz CT molecular complexity index is 638. The lowest BCUT2D eigenvalue weighted by molar-refractivity contribution is 0.102. The van der Waals surface area contributed by atoms with E-state index in [2.05, 4.69) is 5.32 Å². The van der Waals surface area contributed by atoms with Crippen LogP contribution in [0.4, 0.5) is 11.4 Å². The first kappa shape index (κ1) is 11.6. The molecule has 1 heterocycles. The summed E-state index contributed by atoms with van der Waals surface area (Å²) < 4.78 is 5.42. The number of carbonyl (C=O) groups excluding carboxylic acids is 1. The van der Waals surface area contributed by atoms with E-state index in [1.165, 1.54) is 0 Å². The number of hydrogen-bond acceptors (Lipinski definition) is 3. The fraction of sp³-hybridized carbons (Fsp3) is 0.133. The summed E-state index contributed by atoms with van der Waals surface area (Å²) in [5, 5.41) is 2.83. The molecule has 3 rings (SSSR count). The van der Waals surface area contributed by atoms with E-state index >= 15 is 0 Å². The molecule has 3 N–H and O–H groups in total. The third-order valence-electron chi connectivity index (χ3n) is 3.10. The summed E-state index contributed by atoms with van der Waals surface area (Å²) in [4.78, 5) is 12.1. The quantitative estimate of drug-likeness (QED) is 0.809. The van der Waals surface area contributed by atoms with Gasteiger partial charge in [0.15, 0.2) is 0 Å². The number of amides is 1. The SMILES string of the molecule is Nc1cccc(NC(=O)c2ccc3c(c2)CCO3)c1. The molecule has 0 radical (unpaired) electrons. The molecule has 0 fully saturated rings. The number of nitrogen functional groups attached to an aromatic ring is 1. The second-order valence-corrected chi connectivity index (χ2v) is 4.50. The van der Waals surface area contributed by atoms with Crippen LogP contribution in [0.5, 0.6) is 5.75 Å². The molecule has 0 aliphatic carbocycles. The number of ether oxygens (including phenoxy) is 1. The molecule has 4 nitrogen and oxygen atoms in total. The van der Waals surface area contributed by atoms with E-state index < -0.39 is 0 Å². The van der Waals surface area contributed by atoms with Crippen molar-refractivity contribution >= 4 is 17.3 Å². The number of nitrogens with two attached hydrogens (primary N) is 1. The zero-order valence-corrected chi connectivity index (χ0v) is 10.3. The van der Waals surface area contributed by atoms with Crippen LogP contribution in [0, 0.1) is 0 Å². The summed E-state index contributed by atoms with van der Waals surface area (Å²) in [5.74, 6) is 0.737. The lowest BCUT2D eigenvalue weighted by Crippen LogP contribution is -2.12. The zero-order chi connectivity index (χ0) is 13.2. The molecule has 0 saturated heterocycles. The Labute approximate surface area is 111 Å². The molecule has 1 amide bonds. The number of rotatable bonds is 2. The third kappa shape index (κ3) is 2.38. The zero-order valence-electron chi connectivity index (χ0n) is 10.3. The largest absolute Gasteiger partial charge is 0.493 e. The molecule has 4 heteroatoms. The minimum atomic E-state index is -0.139. The molecule has 96 valence electrons. The van der Waals surface area contributed by atoms with Crippen LogP contribution in [0.3, 0.4) is 0 Å². The molecule has 1 aliphatic heterocycles. The Hall–Kier alpha value is -2.49. The molecule has 19 heavy (non-hydrogen) atoms. The highest BCUT2D eigenvalue weighted by Crippen LogP contribution is 2.26. The highest BCUT2D eigenvalue weighted by Gasteiger charge is 2.15. The highest BCUT2D eigenvalue weighted by atomic mass is 16.5. The van der Waals surface area contributed by atoms with Crippen molar-refractivity contribution in [1.82, 2.24) is 0 Å². The van der Waals surface area contributed by atoms with E-state index in [1.807, 2.05) is 24.3 Å². The van der Waals surface area contributed by atoms with Crippen LogP contribution in [-0.2, 0) is 6.42 Å². The van der Waals surface area contributed by atoms with Crippen LogP contribution in [0.15, 0.2) is 42.5 Å². The van der Waals surface area contributed by atoms with E-state index in [1.54, 1.807) is 18.2 Å². The molecular weight excluding hydrogens is 240 g/mol. The lowest BCUT2D eigenvalue weighted by atomic mass is 10.1. The van der Waals surface area contributed by atoms with Crippen molar-refractivity contribution in [2.45, 2.75) is 6.42 Å². The molecule has 2 aromatic carbocycles. The fourth-order valence-corrected chi connectivity index (χ4v) is 2.15. The van der Waals surface area contributed by atoms with Gasteiger partial charge in [0.2, 0.25) is 0 Å². The van der Waals surface area contributed by atoms with Gasteiger partial charge in [-0.05, 0) is 42.0 Å². The molecule has 0 unspecified atom stereocenters. The second-order valence-electron chi connectivity index (χ2n) is 4.50. The number of carbonyl (C=O) groups is 1. The lowest BCUT2D eigenvalue weighted by Gasteiger charge is -2.07. The molecule has 1 aliphatic rings. The van der Waals surface area contributed by atoms with Crippen molar-refractivity contribution in [3.63, 3.8) is 0 Å². The average molecular weight is 254 g/mol. The number of hydrogen-bond donors (Lipinski definition) is 2. The Kier molecular flexibility index (Phi) is 2.83. The first-order chi connectivity index (χ1) is 9.22. The van der Waals surface area contributed by atoms with Crippen molar-refractivity contribution in [2.24, 2.45) is 0 Å². The normalized spacial score (nSPS) is 12.6. The van der Waals surface area contributed by atoms with Crippen LogP contribution in [-0.4, -0.2) is 12.5 Å². The second kappa shape index (κ2) is 4.65. The van der Waals surface area contributed by atoms with Gasteiger partial charge in [-0.2, -0.15) is 0 Å². The Balaban J connectivity index is 1.81. The van der Waals surface area contributed by atoms with Crippen LogP contribution < -0.4 is 15.8 Å². The van der Waals surface area contributed by atoms with Gasteiger partial charge in [-0.15, -0.1) is 0 Å². The van der Waals surface area contributed by atoms with Crippen LogP contribution in [0.1, 0.15) is 15.9 Å². The average Bonchev–Trinajstić information content (AvgIpc) is 2.85. The van der Waals surface area contributed by atoms with Crippen molar-refractivity contribution in [3.8, 4) is 5.75 Å². The molecular formula is C15H14N2O2. The van der Waals surface area contributed by atoms with Gasteiger partial charge < -0.3 is 15.8 Å². The molecule has 0 aromatic heterocycles. The summed E-state index contributed by atoms with van der Waals surface area (Å²) in [6.45, 7) is 0.690. The Morgan fingerprint density at radius 2 is 2.11 bits per heavy atom. The van der Waals surface area contributed by atoms with E-state index in [9.17, 15) is 4.79 Å². The fourth-order valence-electron chi connectivity index (χ4n) is 2.15. The summed E-state index contributed by atoms with van der Waals surface area (Å²) in [6.07, 6.45) is 0.856. The monoisotopic (exact) mass is 254 g/mol. The number of anilines is 2. The van der Waals surface area contributed by atoms with Gasteiger partial charge in [-0.3, -0.25) is 4.79 Å². The van der Waals surface area contributed by atoms with Crippen LogP contribution in [0.2, 0.25) is 0 Å². The Morgan fingerprint density at radius 1 is 1.21 bits per heavy atom. The number of benzene rings is 2. The molecule has 0 bridgehead atoms. The predicted molar refractivity (Wildman–Crippen MR) is 74.4 cm³/mol. The summed E-state index contributed by atoms with van der Waals surface area (Å²) in [7, 11) is 0. The van der Waals surface area contributed by atoms with Gasteiger partial charge in [0.25, 0.3) is 5.91 Å². The number of fused-ring (bicyclic) bond motifs is 1. The standard InChI is InChI=1S/C15H14N2O2/c16-12-2-1-3-13(9-12)17-15(18)11-4-5-14-10(8-11)6-7-19-14/h1-5,8-9H,6-7,16H2,(H,17,18). The van der Waals surface area contributed by atoms with Crippen molar-refractivity contribution in [3.05, 3.63) is 53.6 Å². The maximum atomic E-state index is 12.1. The maximum absolute atomic E-state index is 12.1. The first-order valence-corrected chi connectivity index (χ1v) is 6.15. The van der Waals surface area contributed by atoms with E-state index in [0.717, 1.165) is 17.7 Å². The molecule has 0 spiro atoms. The topological polar surface area (TPSA) is 64.3 Å². The Morgan fingerprint density at radius 3 is 2.95 bits per heavy atom. The minimum absolute atomic E-state index is 0.139. The molecule has 0 saturated carbocycles. The van der Waals surface area contributed by atoms with Gasteiger partial charge in [0.1, 0.15) is 5.75 Å². The molecule has 0 atom stereocenters. The minimum Gasteiger partial charge on any atom is -0.493 e. The van der Waals surface area contributed by atoms with Crippen LogP contribution >= 0.6 is 0 Å². The van der Waals surface area contributed by atoms with Crippen LogP contribution in [0.25, 0.3) is 0 Å². The van der Waals surface area contributed by atoms with Crippen molar-refractivity contribution < 1.29 is 9.53 Å². The molecule has 2 aromatic rings. The summed E-state index contributed by atoms with van der Waals surface area (Å²) in [6, 6.07) is 12.6. The highest BCUT2D eigenvalue weighted by molar-refractivity contribution is 6.04. The van der Waals surface area contributed by atoms with Gasteiger partial charge in [0, 0.05) is 23.4 Å². The van der Waals surface area contributed by atoms with E-state index in [-0.39, 0.29) is 5.91 Å². The van der Waals surface area contributed by atoms with Crippen molar-refractivity contribution in [2.75, 3.05) is 17.7 Å². The van der Waals surface area contributed by atoms with Gasteiger partial charge in [0.05, 0.1) is 6.61 Å². The third-order valence-corrected chi connectivity index (χ3v) is 3.10.